The minimum Gasteiger partial charge on any atom is -0.442 e. The Morgan fingerprint density at radius 1 is 1.29 bits per heavy atom. The second kappa shape index (κ2) is 10.8. The molecule has 4 rings (SSSR count). The molecule has 1 aliphatic carbocycles. The number of amides is 1. The largest absolute Gasteiger partial charge is 0.442 e. The quantitative estimate of drug-likeness (QED) is 0.300. The molecule has 5 atom stereocenters. The Balaban J connectivity index is 1.42. The fourth-order valence-electron chi connectivity index (χ4n) is 3.94. The number of fused-ring (bicyclic) bond motifs is 1. The lowest BCUT2D eigenvalue weighted by atomic mass is 10.0. The first-order valence-corrected chi connectivity index (χ1v) is 11.2. The number of rotatable bonds is 4. The van der Waals surface area contributed by atoms with Crippen LogP contribution >= 0.6 is 0 Å². The number of allylic oxidation sites excluding steroid dienone is 1. The van der Waals surface area contributed by atoms with Crippen LogP contribution in [0.5, 0.6) is 0 Å². The summed E-state index contributed by atoms with van der Waals surface area (Å²) in [5.41, 5.74) is 6.50. The van der Waals surface area contributed by atoms with Crippen molar-refractivity contribution in [2.75, 3.05) is 18.9 Å². The normalized spacial score (nSPS) is 27.9. The molecular weight excluding hydrogens is 444 g/mol. The van der Waals surface area contributed by atoms with E-state index < -0.39 is 37.2 Å². The number of nitrogens with zero attached hydrogens (tertiary/aromatic N) is 4. The maximum Gasteiger partial charge on any atom is 0.408 e. The number of carbonyl (C=O) groups excluding carboxylic acids is 1. The average molecular weight is 473 g/mol. The lowest BCUT2D eigenvalue weighted by molar-refractivity contribution is -0.0511. The molecule has 12 nitrogen and oxygen atoms in total. The molecule has 6 N–H and O–H groups in total. The van der Waals surface area contributed by atoms with Crippen LogP contribution in [0, 0.1) is 11.8 Å². The van der Waals surface area contributed by atoms with Crippen molar-refractivity contribution in [2.45, 2.75) is 62.7 Å². The van der Waals surface area contributed by atoms with E-state index in [0.29, 0.717) is 0 Å². The number of nitrogens with one attached hydrogen (secondary N) is 1. The summed E-state index contributed by atoms with van der Waals surface area (Å²) in [6.45, 7) is -0.438. The minimum absolute atomic E-state index is 0.0185. The molecule has 0 radical (unpaired) electrons. The van der Waals surface area contributed by atoms with Gasteiger partial charge in [0.05, 0.1) is 19.5 Å². The van der Waals surface area contributed by atoms with Crippen molar-refractivity contribution in [1.82, 2.24) is 24.8 Å². The van der Waals surface area contributed by atoms with Crippen LogP contribution in [0.2, 0.25) is 0 Å². The maximum absolute atomic E-state index is 12.0. The molecule has 34 heavy (non-hydrogen) atoms. The zero-order valence-electron chi connectivity index (χ0n) is 18.5. The van der Waals surface area contributed by atoms with Gasteiger partial charge in [-0.1, -0.05) is 18.4 Å². The molecule has 1 aliphatic heterocycles. The van der Waals surface area contributed by atoms with E-state index in [-0.39, 0.29) is 35.5 Å². The van der Waals surface area contributed by atoms with Gasteiger partial charge in [-0.3, -0.25) is 4.57 Å². The first-order chi connectivity index (χ1) is 16.5. The van der Waals surface area contributed by atoms with Crippen LogP contribution in [0.15, 0.2) is 18.5 Å². The molecule has 3 unspecified atom stereocenters. The number of imidazole rings is 1. The van der Waals surface area contributed by atoms with Gasteiger partial charge < -0.3 is 35.8 Å². The number of nitrogens with two attached hydrogens (primary N) is 1. The third-order valence-corrected chi connectivity index (χ3v) is 5.73. The summed E-state index contributed by atoms with van der Waals surface area (Å²) in [7, 11) is 0. The van der Waals surface area contributed by atoms with Crippen molar-refractivity contribution >= 4 is 23.1 Å². The second-order valence-corrected chi connectivity index (χ2v) is 8.15. The topological polar surface area (TPSA) is 178 Å². The Labute approximate surface area is 195 Å². The summed E-state index contributed by atoms with van der Waals surface area (Å²) in [5, 5.41) is 32.2. The zero-order chi connectivity index (χ0) is 24.1. The van der Waals surface area contributed by atoms with Gasteiger partial charge in [0.1, 0.15) is 29.9 Å². The predicted octanol–water partition coefficient (Wildman–Crippen LogP) is -0.0134. The molecule has 2 aromatic heterocycles. The number of ether oxygens (including phenoxy) is 2. The number of anilines is 1. The number of aromatic nitrogens is 4. The Morgan fingerprint density at radius 2 is 2.15 bits per heavy atom. The number of aliphatic hydroxyl groups is 3. The molecule has 182 valence electrons. The van der Waals surface area contributed by atoms with Gasteiger partial charge in [-0.2, -0.15) is 0 Å². The van der Waals surface area contributed by atoms with Crippen molar-refractivity contribution in [1.29, 1.82) is 0 Å². The molecule has 1 amide bonds. The first kappa shape index (κ1) is 23.9. The highest BCUT2D eigenvalue weighted by Crippen LogP contribution is 2.31. The summed E-state index contributed by atoms with van der Waals surface area (Å²) < 4.78 is 12.4. The number of carbonyl (C=O) groups is 1. The SMILES string of the molecule is Nc1nc(C#CCNC(=O)OC2/C=C/CCCCC2)nc2c1ncn2[C@@H]1O[C@H](CO)C(O)C1O. The molecular formula is C22H28N6O6. The van der Waals surface area contributed by atoms with Crippen LogP contribution in [0.3, 0.4) is 0 Å². The van der Waals surface area contributed by atoms with E-state index in [1.54, 1.807) is 0 Å². The van der Waals surface area contributed by atoms with Crippen molar-refractivity contribution in [2.24, 2.45) is 0 Å². The summed E-state index contributed by atoms with van der Waals surface area (Å²) in [6.07, 6.45) is 5.08. The van der Waals surface area contributed by atoms with Crippen LogP contribution < -0.4 is 11.1 Å². The van der Waals surface area contributed by atoms with Gasteiger partial charge in [0.2, 0.25) is 5.82 Å². The van der Waals surface area contributed by atoms with E-state index in [0.717, 1.165) is 32.1 Å². The second-order valence-electron chi connectivity index (χ2n) is 8.15. The molecule has 0 bridgehead atoms. The number of hydrogen-bond acceptors (Lipinski definition) is 10. The highest BCUT2D eigenvalue weighted by molar-refractivity contribution is 5.82. The number of nitrogen functional groups attached to an aromatic ring is 1. The van der Waals surface area contributed by atoms with E-state index in [4.69, 9.17) is 15.2 Å². The third kappa shape index (κ3) is 5.28. The monoisotopic (exact) mass is 472 g/mol. The Morgan fingerprint density at radius 3 is 2.94 bits per heavy atom. The Bertz CT molecular complexity index is 1110. The summed E-state index contributed by atoms with van der Waals surface area (Å²) in [4.78, 5) is 24.6. The highest BCUT2D eigenvalue weighted by atomic mass is 16.6. The molecule has 1 saturated heterocycles. The molecule has 0 saturated carbocycles. The highest BCUT2D eigenvalue weighted by Gasteiger charge is 2.44. The van der Waals surface area contributed by atoms with Gasteiger partial charge in [0.25, 0.3) is 0 Å². The summed E-state index contributed by atoms with van der Waals surface area (Å²) >= 11 is 0. The molecule has 2 aromatic rings. The minimum atomic E-state index is -1.30. The lowest BCUT2D eigenvalue weighted by Gasteiger charge is -2.16. The van der Waals surface area contributed by atoms with E-state index in [1.807, 2.05) is 12.2 Å². The first-order valence-electron chi connectivity index (χ1n) is 11.2. The van der Waals surface area contributed by atoms with Gasteiger partial charge in [0, 0.05) is 0 Å². The third-order valence-electron chi connectivity index (χ3n) is 5.73. The molecule has 0 spiro atoms. The summed E-state index contributed by atoms with van der Waals surface area (Å²) in [6, 6.07) is 0. The Hall–Kier alpha value is -3.24. The molecule has 0 aromatic carbocycles. The van der Waals surface area contributed by atoms with Crippen molar-refractivity contribution in [3.05, 3.63) is 24.3 Å². The van der Waals surface area contributed by atoms with Gasteiger partial charge in [-0.05, 0) is 37.7 Å². The van der Waals surface area contributed by atoms with E-state index in [1.165, 1.54) is 10.9 Å². The average Bonchev–Trinajstić information content (AvgIpc) is 3.34. The predicted molar refractivity (Wildman–Crippen MR) is 120 cm³/mol. The van der Waals surface area contributed by atoms with Crippen molar-refractivity contribution in [3.63, 3.8) is 0 Å². The van der Waals surface area contributed by atoms with Gasteiger partial charge in [0.15, 0.2) is 17.7 Å². The summed E-state index contributed by atoms with van der Waals surface area (Å²) in [5.74, 6) is 5.64. The van der Waals surface area contributed by atoms with Crippen LogP contribution in [0.25, 0.3) is 11.2 Å². The van der Waals surface area contributed by atoms with Crippen molar-refractivity contribution in [3.8, 4) is 11.8 Å². The molecule has 12 heteroatoms. The fraction of sp³-hybridized carbons (Fsp3) is 0.545. The maximum atomic E-state index is 12.0. The van der Waals surface area contributed by atoms with Crippen molar-refractivity contribution < 1.29 is 29.6 Å². The number of alkyl carbamates (subject to hydrolysis) is 1. The van der Waals surface area contributed by atoms with E-state index >= 15 is 0 Å². The van der Waals surface area contributed by atoms with E-state index in [2.05, 4.69) is 32.1 Å². The van der Waals surface area contributed by atoms with E-state index in [9.17, 15) is 20.1 Å². The molecule has 1 fully saturated rings. The van der Waals surface area contributed by atoms with Gasteiger partial charge in [-0.15, -0.1) is 0 Å². The molecule has 3 heterocycles. The molecule has 2 aliphatic rings. The van der Waals surface area contributed by atoms with Crippen LogP contribution in [-0.2, 0) is 9.47 Å². The fourth-order valence-corrected chi connectivity index (χ4v) is 3.94. The van der Waals surface area contributed by atoms with Gasteiger partial charge in [-0.25, -0.2) is 19.7 Å². The number of aliphatic hydroxyl groups excluding tert-OH is 3. The van der Waals surface area contributed by atoms with Gasteiger partial charge >= 0.3 is 6.09 Å². The number of hydrogen-bond donors (Lipinski definition) is 5. The lowest BCUT2D eigenvalue weighted by Crippen LogP contribution is -2.33. The standard InChI is InChI=1S/C22H28N6O6/c23-19-16-20(28(12-25-16)21-18(31)17(30)14(11-29)34-21)27-15(26-19)9-6-10-24-22(32)33-13-7-4-2-1-3-5-8-13/h4,7,12-14,17-18,21,29-31H,1-3,5,8,10-11H2,(H,24,32)(H2,23,26,27)/b7-4+/t13?,14-,17?,18?,21-/m1/s1. The zero-order valence-corrected chi connectivity index (χ0v) is 18.5. The Kier molecular flexibility index (Phi) is 7.59. The van der Waals surface area contributed by atoms with Crippen LogP contribution in [0.1, 0.15) is 44.2 Å². The van der Waals surface area contributed by atoms with Crippen LogP contribution in [0.4, 0.5) is 10.6 Å². The smallest absolute Gasteiger partial charge is 0.408 e. The van der Waals surface area contributed by atoms with Crippen LogP contribution in [-0.4, -0.2) is 78.5 Å².